The zero-order chi connectivity index (χ0) is 24.6. The molecule has 3 heterocycles. The number of hydrogen-bond acceptors (Lipinski definition) is 6. The Hall–Kier alpha value is -2.93. The second-order valence-electron chi connectivity index (χ2n) is 7.46. The van der Waals surface area contributed by atoms with E-state index in [-0.39, 0.29) is 11.9 Å². The molecule has 0 bridgehead atoms. The third-order valence-corrected chi connectivity index (χ3v) is 5.02. The van der Waals surface area contributed by atoms with Crippen LogP contribution in [0.5, 0.6) is 0 Å². The van der Waals surface area contributed by atoms with Crippen LogP contribution in [0.4, 0.5) is 13.2 Å². The number of alkyl halides is 3. The number of ether oxygens (including phenoxy) is 1. The van der Waals surface area contributed by atoms with Gasteiger partial charge in [0.15, 0.2) is 0 Å². The van der Waals surface area contributed by atoms with E-state index in [2.05, 4.69) is 39.9 Å². The second kappa shape index (κ2) is 11.8. The van der Waals surface area contributed by atoms with Gasteiger partial charge in [0, 0.05) is 57.8 Å². The lowest BCUT2D eigenvalue weighted by Crippen LogP contribution is -2.36. The summed E-state index contributed by atoms with van der Waals surface area (Å²) in [4.78, 5) is 28.0. The predicted octanol–water partition coefficient (Wildman–Crippen LogP) is 1.61. The first-order chi connectivity index (χ1) is 15.5. The molecule has 2 aromatic heterocycles. The Kier molecular flexibility index (Phi) is 9.41. The quantitative estimate of drug-likeness (QED) is 0.559. The monoisotopic (exact) mass is 474 g/mol. The maximum Gasteiger partial charge on any atom is 0.490 e. The molecule has 1 aliphatic rings. The van der Waals surface area contributed by atoms with Gasteiger partial charge >= 0.3 is 12.1 Å². The van der Waals surface area contributed by atoms with Gasteiger partial charge in [-0.25, -0.2) is 9.78 Å². The Morgan fingerprint density at radius 1 is 1.30 bits per heavy atom. The fourth-order valence-corrected chi connectivity index (χ4v) is 3.31. The van der Waals surface area contributed by atoms with Crippen molar-refractivity contribution in [3.63, 3.8) is 0 Å². The Morgan fingerprint density at radius 3 is 2.58 bits per heavy atom. The summed E-state index contributed by atoms with van der Waals surface area (Å²) in [5.41, 5.74) is 2.04. The Labute approximate surface area is 189 Å². The molecule has 2 N–H and O–H groups in total. The smallest absolute Gasteiger partial charge is 0.475 e. The number of fused-ring (bicyclic) bond motifs is 1. The molecule has 10 nitrogen and oxygen atoms in total. The highest BCUT2D eigenvalue weighted by Crippen LogP contribution is 2.26. The minimum Gasteiger partial charge on any atom is -0.475 e. The molecular weight excluding hydrogens is 445 g/mol. The van der Waals surface area contributed by atoms with Crippen molar-refractivity contribution in [2.24, 2.45) is 0 Å². The van der Waals surface area contributed by atoms with Crippen LogP contribution in [-0.2, 0) is 40.4 Å². The van der Waals surface area contributed by atoms with Gasteiger partial charge in [-0.05, 0) is 13.8 Å². The predicted molar refractivity (Wildman–Crippen MR) is 111 cm³/mol. The van der Waals surface area contributed by atoms with E-state index in [1.165, 1.54) is 5.56 Å². The number of rotatable bonds is 8. The number of carbonyl (C=O) groups is 2. The number of aromatic nitrogens is 4. The van der Waals surface area contributed by atoms with E-state index < -0.39 is 12.1 Å². The van der Waals surface area contributed by atoms with E-state index in [1.54, 1.807) is 7.11 Å². The minimum atomic E-state index is -5.08. The second-order valence-corrected chi connectivity index (χ2v) is 7.46. The molecule has 1 unspecified atom stereocenters. The average Bonchev–Trinajstić information content (AvgIpc) is 3.37. The number of aliphatic carboxylic acids is 1. The molecule has 13 heteroatoms. The summed E-state index contributed by atoms with van der Waals surface area (Å²) in [6.07, 6.45) is 1.27. The number of carbonyl (C=O) groups excluding carboxylic acids is 1. The molecule has 0 saturated heterocycles. The molecule has 0 aromatic carbocycles. The molecular formula is C20H29F3N6O4. The lowest BCUT2D eigenvalue weighted by atomic mass is 10.2. The van der Waals surface area contributed by atoms with Gasteiger partial charge in [-0.2, -0.15) is 18.3 Å². The lowest BCUT2D eigenvalue weighted by molar-refractivity contribution is -0.192. The number of nitrogens with one attached hydrogen (secondary N) is 1. The number of carboxylic acids is 1. The van der Waals surface area contributed by atoms with E-state index in [1.807, 2.05) is 17.1 Å². The zero-order valence-corrected chi connectivity index (χ0v) is 18.8. The molecule has 0 saturated carbocycles. The van der Waals surface area contributed by atoms with E-state index in [0.29, 0.717) is 19.6 Å². The number of halogens is 3. The highest BCUT2D eigenvalue weighted by molar-refractivity contribution is 5.78. The molecule has 0 fully saturated rings. The van der Waals surface area contributed by atoms with Gasteiger partial charge in [0.2, 0.25) is 5.91 Å². The van der Waals surface area contributed by atoms with Gasteiger partial charge in [-0.15, -0.1) is 0 Å². The maximum absolute atomic E-state index is 12.0. The van der Waals surface area contributed by atoms with Gasteiger partial charge in [0.1, 0.15) is 5.82 Å². The fourth-order valence-electron chi connectivity index (χ4n) is 3.31. The largest absolute Gasteiger partial charge is 0.490 e. The van der Waals surface area contributed by atoms with Gasteiger partial charge in [0.05, 0.1) is 31.0 Å². The van der Waals surface area contributed by atoms with Gasteiger partial charge in [-0.3, -0.25) is 14.4 Å². The summed E-state index contributed by atoms with van der Waals surface area (Å²) in [5.74, 6) is -1.75. The molecule has 33 heavy (non-hydrogen) atoms. The lowest BCUT2D eigenvalue weighted by Gasteiger charge is -2.33. The first kappa shape index (κ1) is 26.3. The minimum absolute atomic E-state index is 0.0195. The molecule has 0 radical (unpaired) electrons. The Bertz CT molecular complexity index is 927. The fraction of sp³-hybridized carbons (Fsp3) is 0.600. The summed E-state index contributed by atoms with van der Waals surface area (Å²) >= 11 is 0. The molecule has 3 rings (SSSR count). The summed E-state index contributed by atoms with van der Waals surface area (Å²) in [6.45, 7) is 8.90. The van der Waals surface area contributed by atoms with Gasteiger partial charge in [-0.1, -0.05) is 0 Å². The Morgan fingerprint density at radius 2 is 2.00 bits per heavy atom. The highest BCUT2D eigenvalue weighted by Gasteiger charge is 2.38. The summed E-state index contributed by atoms with van der Waals surface area (Å²) in [6, 6.07) is 0.207. The van der Waals surface area contributed by atoms with Crippen molar-refractivity contribution in [1.29, 1.82) is 0 Å². The van der Waals surface area contributed by atoms with Gasteiger partial charge in [0.25, 0.3) is 0 Å². The van der Waals surface area contributed by atoms with E-state index >= 15 is 0 Å². The van der Waals surface area contributed by atoms with Crippen molar-refractivity contribution in [3.05, 3.63) is 35.7 Å². The number of aryl methyl sites for hydroxylation is 1. The SMILES string of the molecule is CCn1cc(CN2CCn3cc(CC(=O)NCCOC)nc3C2C)cn1.O=C(O)C(F)(F)F. The molecule has 2 aromatic rings. The van der Waals surface area contributed by atoms with Crippen molar-refractivity contribution in [2.75, 3.05) is 26.8 Å². The highest BCUT2D eigenvalue weighted by atomic mass is 19.4. The van der Waals surface area contributed by atoms with Crippen LogP contribution in [0, 0.1) is 0 Å². The van der Waals surface area contributed by atoms with Crippen molar-refractivity contribution in [3.8, 4) is 0 Å². The molecule has 1 atom stereocenters. The van der Waals surface area contributed by atoms with Crippen LogP contribution >= 0.6 is 0 Å². The van der Waals surface area contributed by atoms with Crippen LogP contribution in [0.2, 0.25) is 0 Å². The summed E-state index contributed by atoms with van der Waals surface area (Å²) in [5, 5.41) is 14.3. The number of imidazole rings is 1. The number of carboxylic acid groups (broad SMARTS) is 1. The van der Waals surface area contributed by atoms with Crippen molar-refractivity contribution in [2.45, 2.75) is 52.1 Å². The van der Waals surface area contributed by atoms with Crippen LogP contribution in [0.15, 0.2) is 18.6 Å². The van der Waals surface area contributed by atoms with E-state index in [4.69, 9.17) is 19.6 Å². The van der Waals surface area contributed by atoms with Crippen LogP contribution in [0.3, 0.4) is 0 Å². The van der Waals surface area contributed by atoms with Crippen LogP contribution in [0.1, 0.15) is 37.0 Å². The van der Waals surface area contributed by atoms with E-state index in [0.717, 1.165) is 37.7 Å². The normalized spacial score (nSPS) is 16.0. The number of amides is 1. The van der Waals surface area contributed by atoms with Crippen LogP contribution in [-0.4, -0.2) is 74.2 Å². The summed E-state index contributed by atoms with van der Waals surface area (Å²) in [7, 11) is 1.62. The van der Waals surface area contributed by atoms with Crippen LogP contribution in [0.25, 0.3) is 0 Å². The molecule has 0 spiro atoms. The van der Waals surface area contributed by atoms with E-state index in [9.17, 15) is 18.0 Å². The van der Waals surface area contributed by atoms with Crippen molar-refractivity contribution >= 4 is 11.9 Å². The van der Waals surface area contributed by atoms with Crippen molar-refractivity contribution in [1.82, 2.24) is 29.5 Å². The zero-order valence-electron chi connectivity index (χ0n) is 18.8. The third-order valence-electron chi connectivity index (χ3n) is 5.02. The summed E-state index contributed by atoms with van der Waals surface area (Å²) < 4.78 is 40.8. The number of nitrogens with zero attached hydrogens (tertiary/aromatic N) is 5. The molecule has 1 aliphatic heterocycles. The van der Waals surface area contributed by atoms with Crippen LogP contribution < -0.4 is 5.32 Å². The number of methoxy groups -OCH3 is 1. The Balaban J connectivity index is 0.000000479. The molecule has 1 amide bonds. The first-order valence-corrected chi connectivity index (χ1v) is 10.4. The topological polar surface area (TPSA) is 115 Å². The maximum atomic E-state index is 12.0. The van der Waals surface area contributed by atoms with Gasteiger partial charge < -0.3 is 19.7 Å². The average molecular weight is 474 g/mol. The van der Waals surface area contributed by atoms with Crippen molar-refractivity contribution < 1.29 is 32.6 Å². The number of hydrogen-bond donors (Lipinski definition) is 2. The molecule has 184 valence electrons. The molecule has 0 aliphatic carbocycles. The standard InChI is InChI=1S/C18H28N6O2.C2HF3O2/c1-4-24-12-15(10-20-24)11-22-6-7-23-13-16(21-18(23)14(22)2)9-17(25)19-5-8-26-3;3-2(4,5)1(6)7/h10,12-14H,4-9,11H2,1-3H3,(H,19,25);(H,6,7). The first-order valence-electron chi connectivity index (χ1n) is 10.4. The third kappa shape index (κ3) is 7.86.